The summed E-state index contributed by atoms with van der Waals surface area (Å²) in [7, 11) is 0. The van der Waals surface area contributed by atoms with E-state index in [1.807, 2.05) is 66.7 Å². The normalized spacial score (nSPS) is 25.6. The minimum Gasteiger partial charge on any atom is -0.348 e. The van der Waals surface area contributed by atoms with Gasteiger partial charge in [0.15, 0.2) is 0 Å². The molecule has 0 spiro atoms. The maximum atomic E-state index is 13.1. The third-order valence-corrected chi connectivity index (χ3v) is 5.41. The molecular formula is C22H24N2O. The summed E-state index contributed by atoms with van der Waals surface area (Å²) in [5, 5.41) is 3.32. The highest BCUT2D eigenvalue weighted by Gasteiger charge is 2.35. The molecule has 3 heteroatoms. The zero-order valence-electron chi connectivity index (χ0n) is 14.4. The Morgan fingerprint density at radius 3 is 2.20 bits per heavy atom. The standard InChI is InChI=1S/C22H24N2O/c25-22(23-21-16-24-13-11-19(21)12-14-24)20(18-9-5-2-6-10-18)15-17-7-3-1-4-8-17/h1-10,15,19,21H,11-14,16H2,(H,23,25). The summed E-state index contributed by atoms with van der Waals surface area (Å²) in [6.45, 7) is 3.36. The van der Waals surface area contributed by atoms with Crippen molar-refractivity contribution in [2.24, 2.45) is 5.92 Å². The van der Waals surface area contributed by atoms with Crippen LogP contribution in [0, 0.1) is 5.92 Å². The molecule has 2 aromatic carbocycles. The Kier molecular flexibility index (Phi) is 4.66. The van der Waals surface area contributed by atoms with Crippen molar-refractivity contribution < 1.29 is 4.79 Å². The Morgan fingerprint density at radius 2 is 1.60 bits per heavy atom. The molecule has 3 nitrogen and oxygen atoms in total. The summed E-state index contributed by atoms with van der Waals surface area (Å²) in [4.78, 5) is 15.6. The van der Waals surface area contributed by atoms with E-state index < -0.39 is 0 Å². The van der Waals surface area contributed by atoms with Crippen molar-refractivity contribution in [3.05, 3.63) is 71.8 Å². The smallest absolute Gasteiger partial charge is 0.252 e. The van der Waals surface area contributed by atoms with E-state index in [1.54, 1.807) is 0 Å². The monoisotopic (exact) mass is 332 g/mol. The molecule has 0 saturated carbocycles. The summed E-state index contributed by atoms with van der Waals surface area (Å²) in [5.74, 6) is 0.663. The number of piperidine rings is 3. The molecule has 3 aliphatic heterocycles. The quantitative estimate of drug-likeness (QED) is 0.687. The number of carbonyl (C=O) groups excluding carboxylic acids is 1. The van der Waals surface area contributed by atoms with E-state index in [4.69, 9.17) is 0 Å². The number of benzene rings is 2. The van der Waals surface area contributed by atoms with Crippen LogP contribution >= 0.6 is 0 Å². The Hall–Kier alpha value is -2.39. The van der Waals surface area contributed by atoms with Gasteiger partial charge in [-0.25, -0.2) is 0 Å². The van der Waals surface area contributed by atoms with E-state index in [0.29, 0.717) is 5.92 Å². The molecule has 2 bridgehead atoms. The molecule has 3 heterocycles. The van der Waals surface area contributed by atoms with Crippen molar-refractivity contribution in [2.45, 2.75) is 18.9 Å². The van der Waals surface area contributed by atoms with Crippen LogP contribution in [0.1, 0.15) is 24.0 Å². The second-order valence-electron chi connectivity index (χ2n) is 7.05. The van der Waals surface area contributed by atoms with Gasteiger partial charge in [-0.2, -0.15) is 0 Å². The van der Waals surface area contributed by atoms with Crippen molar-refractivity contribution in [1.82, 2.24) is 10.2 Å². The number of carbonyl (C=O) groups is 1. The molecule has 1 atom stereocenters. The lowest BCUT2D eigenvalue weighted by Crippen LogP contribution is -2.57. The van der Waals surface area contributed by atoms with Crippen LogP contribution in [-0.4, -0.2) is 36.5 Å². The summed E-state index contributed by atoms with van der Waals surface area (Å²) in [6, 6.07) is 20.3. The van der Waals surface area contributed by atoms with Gasteiger partial charge in [-0.1, -0.05) is 60.7 Å². The lowest BCUT2D eigenvalue weighted by atomic mass is 9.84. The molecule has 3 aliphatic rings. The van der Waals surface area contributed by atoms with Gasteiger partial charge < -0.3 is 10.2 Å². The van der Waals surface area contributed by atoms with Crippen LogP contribution in [0.15, 0.2) is 60.7 Å². The van der Waals surface area contributed by atoms with Gasteiger partial charge >= 0.3 is 0 Å². The first-order valence-corrected chi connectivity index (χ1v) is 9.15. The van der Waals surface area contributed by atoms with Gasteiger partial charge in [0.1, 0.15) is 0 Å². The molecule has 3 saturated heterocycles. The SMILES string of the molecule is O=C(NC1CN2CCC1CC2)C(=Cc1ccccc1)c1ccccc1. The van der Waals surface area contributed by atoms with Gasteiger partial charge in [-0.05, 0) is 49.1 Å². The predicted octanol–water partition coefficient (Wildman–Crippen LogP) is 3.44. The number of hydrogen-bond acceptors (Lipinski definition) is 2. The highest BCUT2D eigenvalue weighted by Crippen LogP contribution is 2.28. The molecule has 0 aromatic heterocycles. The van der Waals surface area contributed by atoms with E-state index in [1.165, 1.54) is 25.9 Å². The van der Waals surface area contributed by atoms with E-state index in [-0.39, 0.29) is 11.9 Å². The zero-order valence-corrected chi connectivity index (χ0v) is 14.4. The molecule has 0 aliphatic carbocycles. The topological polar surface area (TPSA) is 32.3 Å². The van der Waals surface area contributed by atoms with Gasteiger partial charge in [0, 0.05) is 18.2 Å². The van der Waals surface area contributed by atoms with E-state index >= 15 is 0 Å². The number of rotatable bonds is 4. The van der Waals surface area contributed by atoms with Crippen LogP contribution in [0.4, 0.5) is 0 Å². The van der Waals surface area contributed by atoms with E-state index in [0.717, 1.165) is 23.2 Å². The number of fused-ring (bicyclic) bond motifs is 3. The Bertz CT molecular complexity index is 746. The minimum absolute atomic E-state index is 0.0359. The summed E-state index contributed by atoms with van der Waals surface area (Å²) in [6.07, 6.45) is 4.40. The van der Waals surface area contributed by atoms with Crippen LogP contribution in [0.2, 0.25) is 0 Å². The van der Waals surface area contributed by atoms with Crippen LogP contribution < -0.4 is 5.32 Å². The second kappa shape index (κ2) is 7.24. The van der Waals surface area contributed by atoms with Gasteiger partial charge in [0.25, 0.3) is 5.91 Å². The first kappa shape index (κ1) is 16.1. The van der Waals surface area contributed by atoms with Gasteiger partial charge in [0.05, 0.1) is 0 Å². The Balaban J connectivity index is 1.59. The third kappa shape index (κ3) is 3.67. The minimum atomic E-state index is 0.0359. The van der Waals surface area contributed by atoms with Gasteiger partial charge in [-0.3, -0.25) is 4.79 Å². The molecule has 2 aromatic rings. The predicted molar refractivity (Wildman–Crippen MR) is 102 cm³/mol. The summed E-state index contributed by atoms with van der Waals surface area (Å²) in [5.41, 5.74) is 2.75. The van der Waals surface area contributed by atoms with E-state index in [2.05, 4.69) is 10.2 Å². The first-order chi connectivity index (χ1) is 12.3. The summed E-state index contributed by atoms with van der Waals surface area (Å²) < 4.78 is 0. The fourth-order valence-electron chi connectivity index (χ4n) is 3.99. The van der Waals surface area contributed by atoms with Gasteiger partial charge in [-0.15, -0.1) is 0 Å². The average Bonchev–Trinajstić information content (AvgIpc) is 2.68. The highest BCUT2D eigenvalue weighted by atomic mass is 16.1. The zero-order chi connectivity index (χ0) is 17.1. The Morgan fingerprint density at radius 1 is 0.960 bits per heavy atom. The lowest BCUT2D eigenvalue weighted by molar-refractivity contribution is -0.117. The molecule has 1 N–H and O–H groups in total. The van der Waals surface area contributed by atoms with Crippen molar-refractivity contribution in [3.63, 3.8) is 0 Å². The van der Waals surface area contributed by atoms with Crippen molar-refractivity contribution in [3.8, 4) is 0 Å². The second-order valence-corrected chi connectivity index (χ2v) is 7.05. The Labute approximate surface area is 149 Å². The number of nitrogens with zero attached hydrogens (tertiary/aromatic N) is 1. The fourth-order valence-corrected chi connectivity index (χ4v) is 3.99. The number of nitrogens with one attached hydrogen (secondary N) is 1. The maximum Gasteiger partial charge on any atom is 0.252 e. The molecule has 5 rings (SSSR count). The molecule has 0 radical (unpaired) electrons. The van der Waals surface area contributed by atoms with Crippen LogP contribution in [0.5, 0.6) is 0 Å². The molecule has 1 unspecified atom stereocenters. The highest BCUT2D eigenvalue weighted by molar-refractivity contribution is 6.24. The first-order valence-electron chi connectivity index (χ1n) is 9.15. The summed E-state index contributed by atoms with van der Waals surface area (Å²) >= 11 is 0. The van der Waals surface area contributed by atoms with Crippen molar-refractivity contribution in [2.75, 3.05) is 19.6 Å². The molecular weight excluding hydrogens is 308 g/mol. The number of hydrogen-bond donors (Lipinski definition) is 1. The maximum absolute atomic E-state index is 13.1. The third-order valence-electron chi connectivity index (χ3n) is 5.41. The van der Waals surface area contributed by atoms with Crippen LogP contribution in [0.3, 0.4) is 0 Å². The molecule has 25 heavy (non-hydrogen) atoms. The van der Waals surface area contributed by atoms with E-state index in [9.17, 15) is 4.79 Å². The molecule has 128 valence electrons. The van der Waals surface area contributed by atoms with Gasteiger partial charge in [0.2, 0.25) is 0 Å². The van der Waals surface area contributed by atoms with Crippen molar-refractivity contribution in [1.29, 1.82) is 0 Å². The van der Waals surface area contributed by atoms with Crippen molar-refractivity contribution >= 4 is 17.6 Å². The van der Waals surface area contributed by atoms with Crippen LogP contribution in [0.25, 0.3) is 11.6 Å². The largest absolute Gasteiger partial charge is 0.348 e. The molecule has 1 amide bonds. The molecule has 3 fully saturated rings. The lowest BCUT2D eigenvalue weighted by Gasteiger charge is -2.45. The van der Waals surface area contributed by atoms with Crippen LogP contribution in [-0.2, 0) is 4.79 Å². The average molecular weight is 332 g/mol. The number of amides is 1. The fraction of sp³-hybridized carbons (Fsp3) is 0.318.